The summed E-state index contributed by atoms with van der Waals surface area (Å²) in [5, 5.41) is 11.7. The average molecular weight is 343 g/mol. The molecule has 7 nitrogen and oxygen atoms in total. The number of carboxylic acids is 1. The van der Waals surface area contributed by atoms with Crippen LogP contribution in [0.5, 0.6) is 0 Å². The first-order chi connectivity index (χ1) is 11.2. The summed E-state index contributed by atoms with van der Waals surface area (Å²) in [5.74, 6) is -1.61. The van der Waals surface area contributed by atoms with Crippen LogP contribution < -0.4 is 5.32 Å². The number of hydrogen-bond donors (Lipinski definition) is 2. The van der Waals surface area contributed by atoms with Gasteiger partial charge in [0.25, 0.3) is 6.29 Å². The van der Waals surface area contributed by atoms with Gasteiger partial charge in [0.2, 0.25) is 0 Å². The van der Waals surface area contributed by atoms with E-state index in [1.165, 1.54) is 0 Å². The van der Waals surface area contributed by atoms with Crippen LogP contribution in [-0.2, 0) is 19.1 Å². The monoisotopic (exact) mass is 343 g/mol. The van der Waals surface area contributed by atoms with Crippen molar-refractivity contribution in [3.8, 4) is 0 Å². The molecule has 0 bridgehead atoms. The molecule has 1 aliphatic carbocycles. The van der Waals surface area contributed by atoms with Crippen LogP contribution in [0.1, 0.15) is 53.4 Å². The van der Waals surface area contributed by atoms with Crippen molar-refractivity contribution in [2.75, 3.05) is 6.54 Å². The van der Waals surface area contributed by atoms with Crippen LogP contribution >= 0.6 is 0 Å². The molecule has 1 atom stereocenters. The van der Waals surface area contributed by atoms with Gasteiger partial charge in [-0.15, -0.1) is 0 Å². The third kappa shape index (κ3) is 6.76. The Morgan fingerprint density at radius 3 is 2.08 bits per heavy atom. The zero-order valence-corrected chi connectivity index (χ0v) is 14.9. The first-order valence-electron chi connectivity index (χ1n) is 8.58. The lowest BCUT2D eigenvalue weighted by Gasteiger charge is -2.27. The van der Waals surface area contributed by atoms with Crippen LogP contribution in [0.4, 0.5) is 4.79 Å². The Bertz CT molecular complexity index is 440. The van der Waals surface area contributed by atoms with E-state index in [1.807, 2.05) is 0 Å². The van der Waals surface area contributed by atoms with Crippen LogP contribution in [0.3, 0.4) is 0 Å². The van der Waals surface area contributed by atoms with Crippen LogP contribution in [0, 0.1) is 23.7 Å². The molecule has 24 heavy (non-hydrogen) atoms. The first kappa shape index (κ1) is 20.3. The zero-order chi connectivity index (χ0) is 18.3. The molecule has 1 fully saturated rings. The van der Waals surface area contributed by atoms with E-state index < -0.39 is 24.3 Å². The van der Waals surface area contributed by atoms with Gasteiger partial charge in [0.05, 0.1) is 11.8 Å². The van der Waals surface area contributed by atoms with Crippen molar-refractivity contribution in [1.82, 2.24) is 5.32 Å². The molecule has 0 heterocycles. The number of aliphatic carboxylic acids is 1. The predicted molar refractivity (Wildman–Crippen MR) is 87.1 cm³/mol. The first-order valence-corrected chi connectivity index (χ1v) is 8.58. The van der Waals surface area contributed by atoms with Gasteiger partial charge in [-0.2, -0.15) is 0 Å². The van der Waals surface area contributed by atoms with Crippen molar-refractivity contribution in [3.63, 3.8) is 0 Å². The van der Waals surface area contributed by atoms with Crippen LogP contribution in [0.2, 0.25) is 0 Å². The third-order valence-corrected chi connectivity index (χ3v) is 4.20. The van der Waals surface area contributed by atoms with Gasteiger partial charge >= 0.3 is 18.0 Å². The third-order valence-electron chi connectivity index (χ3n) is 4.20. The number of amides is 1. The minimum atomic E-state index is -0.914. The second-order valence-corrected chi connectivity index (χ2v) is 7.05. The second kappa shape index (κ2) is 9.49. The van der Waals surface area contributed by atoms with Crippen molar-refractivity contribution >= 4 is 18.0 Å². The number of carbonyl (C=O) groups is 3. The highest BCUT2D eigenvalue weighted by atomic mass is 16.7. The van der Waals surface area contributed by atoms with E-state index in [0.717, 1.165) is 12.8 Å². The Balaban J connectivity index is 2.36. The topological polar surface area (TPSA) is 102 Å². The average Bonchev–Trinajstić information content (AvgIpc) is 2.52. The van der Waals surface area contributed by atoms with Crippen molar-refractivity contribution in [3.05, 3.63) is 0 Å². The Kier molecular flexibility index (Phi) is 8.01. The van der Waals surface area contributed by atoms with E-state index in [4.69, 9.17) is 14.6 Å². The van der Waals surface area contributed by atoms with Crippen molar-refractivity contribution in [2.45, 2.75) is 59.7 Å². The molecule has 0 aromatic rings. The molecule has 0 aliphatic heterocycles. The molecule has 0 aromatic heterocycles. The van der Waals surface area contributed by atoms with E-state index in [-0.39, 0.29) is 23.7 Å². The lowest BCUT2D eigenvalue weighted by Crippen LogP contribution is -2.38. The van der Waals surface area contributed by atoms with Crippen LogP contribution in [-0.4, -0.2) is 36.0 Å². The smallest absolute Gasteiger partial charge is 0.410 e. The van der Waals surface area contributed by atoms with Gasteiger partial charge < -0.3 is 19.9 Å². The molecule has 0 saturated heterocycles. The standard InChI is InChI=1S/C17H29NO6/c1-10(2)15(21)23-16(11(3)4)24-17(22)18-9-12-5-7-13(8-6-12)14(19)20/h10-13,16H,5-9H2,1-4H3,(H,18,22)(H,19,20)/t12-,13-,16?. The molecule has 1 unspecified atom stereocenters. The zero-order valence-electron chi connectivity index (χ0n) is 14.9. The summed E-state index contributed by atoms with van der Waals surface area (Å²) >= 11 is 0. The molecule has 0 spiro atoms. The van der Waals surface area contributed by atoms with Gasteiger partial charge in [0, 0.05) is 12.5 Å². The molecule has 1 saturated carbocycles. The minimum Gasteiger partial charge on any atom is -0.481 e. The van der Waals surface area contributed by atoms with Crippen molar-refractivity contribution < 1.29 is 29.0 Å². The summed E-state index contributed by atoms with van der Waals surface area (Å²) in [6.45, 7) is 7.48. The maximum Gasteiger partial charge on any atom is 0.410 e. The molecule has 7 heteroatoms. The van der Waals surface area contributed by atoms with Gasteiger partial charge in [-0.05, 0) is 31.6 Å². The summed E-state index contributed by atoms with van der Waals surface area (Å²) in [6, 6.07) is 0. The SMILES string of the molecule is CC(C)C(=O)OC(OC(=O)NC[C@H]1CC[C@H](C(=O)O)CC1)C(C)C. The Hall–Kier alpha value is -1.79. The summed E-state index contributed by atoms with van der Waals surface area (Å²) in [5.41, 5.74) is 0. The van der Waals surface area contributed by atoms with Crippen LogP contribution in [0.15, 0.2) is 0 Å². The molecular formula is C17H29NO6. The lowest BCUT2D eigenvalue weighted by atomic mass is 9.82. The summed E-state index contributed by atoms with van der Waals surface area (Å²) in [7, 11) is 0. The highest BCUT2D eigenvalue weighted by Crippen LogP contribution is 2.28. The van der Waals surface area contributed by atoms with E-state index in [9.17, 15) is 14.4 Å². The fourth-order valence-corrected chi connectivity index (χ4v) is 2.54. The number of carbonyl (C=O) groups excluding carboxylic acids is 2. The molecule has 1 aliphatic rings. The van der Waals surface area contributed by atoms with E-state index >= 15 is 0 Å². The number of rotatable bonds is 7. The Morgan fingerprint density at radius 2 is 1.62 bits per heavy atom. The molecule has 2 N–H and O–H groups in total. The molecule has 1 amide bonds. The van der Waals surface area contributed by atoms with Crippen LogP contribution in [0.25, 0.3) is 0 Å². The normalized spacial score (nSPS) is 22.1. The predicted octanol–water partition coefficient (Wildman–Crippen LogP) is 2.78. The molecule has 0 radical (unpaired) electrons. The maximum atomic E-state index is 11.9. The Morgan fingerprint density at radius 1 is 1.04 bits per heavy atom. The van der Waals surface area contributed by atoms with Gasteiger partial charge in [-0.25, -0.2) is 4.79 Å². The number of carboxylic acid groups (broad SMARTS) is 1. The fourth-order valence-electron chi connectivity index (χ4n) is 2.54. The molecular weight excluding hydrogens is 314 g/mol. The van der Waals surface area contributed by atoms with E-state index in [1.54, 1.807) is 27.7 Å². The molecule has 0 aromatic carbocycles. The summed E-state index contributed by atoms with van der Waals surface area (Å²) in [4.78, 5) is 34.5. The summed E-state index contributed by atoms with van der Waals surface area (Å²) < 4.78 is 10.4. The van der Waals surface area contributed by atoms with Gasteiger partial charge in [0.15, 0.2) is 0 Å². The Labute approximate surface area is 143 Å². The van der Waals surface area contributed by atoms with Crippen molar-refractivity contribution in [2.24, 2.45) is 23.7 Å². The minimum absolute atomic E-state index is 0.149. The highest BCUT2D eigenvalue weighted by Gasteiger charge is 2.27. The number of hydrogen-bond acceptors (Lipinski definition) is 5. The molecule has 138 valence electrons. The number of nitrogens with one attached hydrogen (secondary N) is 1. The lowest BCUT2D eigenvalue weighted by molar-refractivity contribution is -0.178. The highest BCUT2D eigenvalue weighted by molar-refractivity contribution is 5.72. The van der Waals surface area contributed by atoms with Crippen molar-refractivity contribution in [1.29, 1.82) is 0 Å². The quantitative estimate of drug-likeness (QED) is 0.544. The molecule has 1 rings (SSSR count). The van der Waals surface area contributed by atoms with Gasteiger partial charge in [-0.1, -0.05) is 27.7 Å². The van der Waals surface area contributed by atoms with Gasteiger partial charge in [-0.3, -0.25) is 9.59 Å². The number of ether oxygens (including phenoxy) is 2. The number of esters is 1. The van der Waals surface area contributed by atoms with E-state index in [2.05, 4.69) is 5.32 Å². The number of alkyl carbamates (subject to hydrolysis) is 1. The van der Waals surface area contributed by atoms with Gasteiger partial charge in [0.1, 0.15) is 0 Å². The largest absolute Gasteiger partial charge is 0.481 e. The fraction of sp³-hybridized carbons (Fsp3) is 0.824. The maximum absolute atomic E-state index is 11.9. The van der Waals surface area contributed by atoms with E-state index in [0.29, 0.717) is 19.4 Å². The summed E-state index contributed by atoms with van der Waals surface area (Å²) in [6.07, 6.45) is 1.28. The second-order valence-electron chi connectivity index (χ2n) is 7.05.